The lowest BCUT2D eigenvalue weighted by Gasteiger charge is -2.21. The zero-order chi connectivity index (χ0) is 22.5. The Morgan fingerprint density at radius 1 is 0.750 bits per heavy atom. The fraction of sp³-hybridized carbons (Fsp3) is 0.0833. The first-order chi connectivity index (χ1) is 15.3. The first-order valence-electron chi connectivity index (χ1n) is 9.88. The van der Waals surface area contributed by atoms with E-state index in [1.165, 1.54) is 0 Å². The number of carbonyl (C=O) groups is 1. The van der Waals surface area contributed by atoms with Crippen molar-refractivity contribution in [3.8, 4) is 0 Å². The van der Waals surface area contributed by atoms with Crippen molar-refractivity contribution in [2.45, 2.75) is 6.92 Å². The van der Waals surface area contributed by atoms with Gasteiger partial charge in [-0.05, 0) is 61.5 Å². The zero-order valence-corrected chi connectivity index (χ0v) is 18.2. The van der Waals surface area contributed by atoms with Gasteiger partial charge in [0.05, 0.1) is 39.5 Å². The van der Waals surface area contributed by atoms with Gasteiger partial charge in [0, 0.05) is 16.6 Å². The third kappa shape index (κ3) is 3.54. The average molecular weight is 443 g/mol. The second-order valence-electron chi connectivity index (χ2n) is 7.58. The third-order valence-electron chi connectivity index (χ3n) is 5.15. The fourth-order valence-corrected chi connectivity index (χ4v) is 4.57. The number of pyridine rings is 1. The van der Waals surface area contributed by atoms with Crippen LogP contribution in [-0.4, -0.2) is 35.5 Å². The van der Waals surface area contributed by atoms with Crippen LogP contribution in [0.5, 0.6) is 0 Å². The molecule has 0 saturated heterocycles. The molecule has 0 unspecified atom stereocenters. The van der Waals surface area contributed by atoms with Crippen molar-refractivity contribution in [2.24, 2.45) is 0 Å². The van der Waals surface area contributed by atoms with E-state index in [-0.39, 0.29) is 11.3 Å². The molecular weight excluding hydrogens is 424 g/mol. The SMILES string of the molecule is Cc1ccc2cc(N(C(=O)c3ccc4nc5ccccc5nc4c3)S(C)(=O)=O)ccc2n1. The molecular formula is C24H18N4O3S. The predicted octanol–water partition coefficient (Wildman–Crippen LogP) is 4.25. The number of anilines is 1. The van der Waals surface area contributed by atoms with Gasteiger partial charge in [0.2, 0.25) is 10.0 Å². The van der Waals surface area contributed by atoms with Crippen LogP contribution >= 0.6 is 0 Å². The van der Waals surface area contributed by atoms with E-state index in [1.807, 2.05) is 43.3 Å². The quantitative estimate of drug-likeness (QED) is 0.388. The molecule has 0 radical (unpaired) electrons. The molecule has 5 rings (SSSR count). The lowest BCUT2D eigenvalue weighted by Crippen LogP contribution is -2.36. The second-order valence-corrected chi connectivity index (χ2v) is 9.41. The van der Waals surface area contributed by atoms with E-state index in [0.29, 0.717) is 16.6 Å². The molecule has 0 aliphatic carbocycles. The van der Waals surface area contributed by atoms with Gasteiger partial charge >= 0.3 is 0 Å². The minimum Gasteiger partial charge on any atom is -0.268 e. The van der Waals surface area contributed by atoms with Gasteiger partial charge in [0.25, 0.3) is 5.91 Å². The maximum absolute atomic E-state index is 13.4. The van der Waals surface area contributed by atoms with Crippen LogP contribution in [0.1, 0.15) is 16.1 Å². The van der Waals surface area contributed by atoms with E-state index in [9.17, 15) is 13.2 Å². The van der Waals surface area contributed by atoms with E-state index >= 15 is 0 Å². The molecule has 0 bridgehead atoms. The maximum atomic E-state index is 13.4. The molecule has 1 amide bonds. The van der Waals surface area contributed by atoms with Crippen LogP contribution in [0, 0.1) is 6.92 Å². The van der Waals surface area contributed by atoms with Crippen LogP contribution in [0.2, 0.25) is 0 Å². The highest BCUT2D eigenvalue weighted by molar-refractivity contribution is 7.92. The molecule has 0 spiro atoms. The van der Waals surface area contributed by atoms with E-state index in [2.05, 4.69) is 15.0 Å². The molecule has 0 fully saturated rings. The molecule has 0 N–H and O–H groups in total. The van der Waals surface area contributed by atoms with E-state index in [0.717, 1.165) is 32.7 Å². The van der Waals surface area contributed by atoms with Gasteiger partial charge in [0.15, 0.2) is 0 Å². The first kappa shape index (κ1) is 20.0. The zero-order valence-electron chi connectivity index (χ0n) is 17.4. The molecule has 5 aromatic rings. The highest BCUT2D eigenvalue weighted by Gasteiger charge is 2.27. The summed E-state index contributed by atoms with van der Waals surface area (Å²) in [7, 11) is -3.90. The molecule has 32 heavy (non-hydrogen) atoms. The summed E-state index contributed by atoms with van der Waals surface area (Å²) in [5.41, 5.74) is 4.61. The molecule has 0 atom stereocenters. The highest BCUT2D eigenvalue weighted by Crippen LogP contribution is 2.26. The number of hydrogen-bond donors (Lipinski definition) is 0. The number of para-hydroxylation sites is 2. The van der Waals surface area contributed by atoms with Crippen LogP contribution in [0.4, 0.5) is 5.69 Å². The number of rotatable bonds is 3. The summed E-state index contributed by atoms with van der Waals surface area (Å²) in [4.78, 5) is 26.9. The van der Waals surface area contributed by atoms with Gasteiger partial charge in [-0.2, -0.15) is 0 Å². The Kier molecular flexibility index (Phi) is 4.60. The summed E-state index contributed by atoms with van der Waals surface area (Å²) in [6.07, 6.45) is 1.01. The molecule has 0 saturated carbocycles. The first-order valence-corrected chi connectivity index (χ1v) is 11.7. The number of hydrogen-bond acceptors (Lipinski definition) is 6. The van der Waals surface area contributed by atoms with Gasteiger partial charge in [-0.3, -0.25) is 9.78 Å². The number of amides is 1. The van der Waals surface area contributed by atoms with Crippen LogP contribution in [-0.2, 0) is 10.0 Å². The van der Waals surface area contributed by atoms with Crippen molar-refractivity contribution in [3.63, 3.8) is 0 Å². The van der Waals surface area contributed by atoms with Crippen molar-refractivity contribution in [1.29, 1.82) is 0 Å². The van der Waals surface area contributed by atoms with Gasteiger partial charge in [-0.1, -0.05) is 18.2 Å². The van der Waals surface area contributed by atoms with Crippen LogP contribution in [0.3, 0.4) is 0 Å². The van der Waals surface area contributed by atoms with E-state index in [4.69, 9.17) is 0 Å². The summed E-state index contributed by atoms with van der Waals surface area (Å²) in [5.74, 6) is -0.663. The lowest BCUT2D eigenvalue weighted by atomic mass is 10.1. The normalized spacial score (nSPS) is 11.8. The molecule has 0 aliphatic rings. The highest BCUT2D eigenvalue weighted by atomic mass is 32.2. The van der Waals surface area contributed by atoms with Crippen LogP contribution in [0.15, 0.2) is 72.8 Å². The summed E-state index contributed by atoms with van der Waals surface area (Å²) < 4.78 is 26.1. The number of aryl methyl sites for hydroxylation is 1. The van der Waals surface area contributed by atoms with Crippen LogP contribution < -0.4 is 4.31 Å². The van der Waals surface area contributed by atoms with Crippen molar-refractivity contribution in [3.05, 3.63) is 84.1 Å². The average Bonchev–Trinajstić information content (AvgIpc) is 2.76. The molecule has 0 aliphatic heterocycles. The van der Waals surface area contributed by atoms with Gasteiger partial charge < -0.3 is 0 Å². The fourth-order valence-electron chi connectivity index (χ4n) is 3.67. The van der Waals surface area contributed by atoms with Gasteiger partial charge in [0.1, 0.15) is 0 Å². The summed E-state index contributed by atoms with van der Waals surface area (Å²) >= 11 is 0. The van der Waals surface area contributed by atoms with Gasteiger partial charge in [-0.25, -0.2) is 22.7 Å². The van der Waals surface area contributed by atoms with Crippen molar-refractivity contribution < 1.29 is 13.2 Å². The minimum atomic E-state index is -3.90. The Labute approximate surface area is 184 Å². The minimum absolute atomic E-state index is 0.203. The topological polar surface area (TPSA) is 93.1 Å². The Morgan fingerprint density at radius 2 is 1.41 bits per heavy atom. The predicted molar refractivity (Wildman–Crippen MR) is 125 cm³/mol. The Balaban J connectivity index is 1.62. The summed E-state index contributed by atoms with van der Waals surface area (Å²) in [6.45, 7) is 1.88. The van der Waals surface area contributed by atoms with Gasteiger partial charge in [-0.15, -0.1) is 0 Å². The van der Waals surface area contributed by atoms with Crippen molar-refractivity contribution >= 4 is 54.6 Å². The van der Waals surface area contributed by atoms with E-state index < -0.39 is 15.9 Å². The Bertz CT molecular complexity index is 1650. The number of benzene rings is 3. The molecule has 2 heterocycles. The monoisotopic (exact) mass is 442 g/mol. The Hall–Kier alpha value is -3.91. The molecule has 7 nitrogen and oxygen atoms in total. The van der Waals surface area contributed by atoms with E-state index in [1.54, 1.807) is 36.4 Å². The number of fused-ring (bicyclic) bond motifs is 3. The number of aromatic nitrogens is 3. The van der Waals surface area contributed by atoms with Crippen molar-refractivity contribution in [1.82, 2.24) is 15.0 Å². The summed E-state index contributed by atoms with van der Waals surface area (Å²) in [5, 5.41) is 0.741. The molecule has 2 aromatic heterocycles. The number of carbonyl (C=O) groups excluding carboxylic acids is 1. The largest absolute Gasteiger partial charge is 0.272 e. The standard InChI is InChI=1S/C24H18N4O3S/c1-15-7-8-16-13-18(10-12-19(16)25-15)28(32(2,30)31)24(29)17-9-11-22-23(14-17)27-21-6-4-3-5-20(21)26-22/h3-14H,1-2H3. The maximum Gasteiger partial charge on any atom is 0.272 e. The van der Waals surface area contributed by atoms with Crippen molar-refractivity contribution in [2.75, 3.05) is 10.6 Å². The Morgan fingerprint density at radius 3 is 2.12 bits per heavy atom. The number of sulfonamides is 1. The van der Waals surface area contributed by atoms with Crippen LogP contribution in [0.25, 0.3) is 33.0 Å². The summed E-state index contributed by atoms with van der Waals surface area (Å²) in [6, 6.07) is 20.9. The molecule has 8 heteroatoms. The lowest BCUT2D eigenvalue weighted by molar-refractivity contribution is 0.101. The molecule has 3 aromatic carbocycles. The smallest absolute Gasteiger partial charge is 0.268 e. The molecule has 158 valence electrons. The second kappa shape index (κ2) is 7.35. The third-order valence-corrected chi connectivity index (χ3v) is 6.19. The number of nitrogens with zero attached hydrogens (tertiary/aromatic N) is 4.